The summed E-state index contributed by atoms with van der Waals surface area (Å²) in [5.74, 6) is -9.38. The average molecular weight is 651 g/mol. The molecule has 4 rings (SSSR count). The monoisotopic (exact) mass is 650 g/mol. The van der Waals surface area contributed by atoms with Crippen LogP contribution >= 0.6 is 0 Å². The SMILES string of the molecule is CC(C)C(=O)c1c(O)c(C(C(C)C)C2C(=O)C(C)(C)C(=O)C(C)(C)C2=O)c(O)c2c1OC1=C(C(=O)C(C)(C)C(=O)C1(C)C)C2C(C)C. The first kappa shape index (κ1) is 36.2. The number of ether oxygens (including phenoxy) is 1. The highest BCUT2D eigenvalue weighted by atomic mass is 16.5. The fourth-order valence-corrected chi connectivity index (χ4v) is 8.22. The van der Waals surface area contributed by atoms with Crippen LogP contribution in [0.2, 0.25) is 0 Å². The molecule has 0 saturated heterocycles. The highest BCUT2D eigenvalue weighted by molar-refractivity contribution is 6.28. The van der Waals surface area contributed by atoms with Crippen LogP contribution in [0.1, 0.15) is 130 Å². The summed E-state index contributed by atoms with van der Waals surface area (Å²) in [4.78, 5) is 83.4. The van der Waals surface area contributed by atoms with Crippen LogP contribution in [0.5, 0.6) is 17.2 Å². The molecule has 0 amide bonds. The molecule has 0 aromatic heterocycles. The normalized spacial score (nSPS) is 24.1. The van der Waals surface area contributed by atoms with Crippen molar-refractivity contribution in [1.82, 2.24) is 0 Å². The van der Waals surface area contributed by atoms with E-state index in [9.17, 15) is 39.0 Å². The van der Waals surface area contributed by atoms with Gasteiger partial charge in [0.25, 0.3) is 0 Å². The summed E-state index contributed by atoms with van der Waals surface area (Å²) in [6.07, 6.45) is 0. The molecule has 0 spiro atoms. The highest BCUT2D eigenvalue weighted by Gasteiger charge is 2.62. The Labute approximate surface area is 277 Å². The number of allylic oxidation sites excluding steroid dienone is 2. The fraction of sp³-hybridized carbons (Fsp3) is 0.632. The van der Waals surface area contributed by atoms with Crippen LogP contribution in [0.4, 0.5) is 0 Å². The molecule has 3 aliphatic rings. The van der Waals surface area contributed by atoms with Gasteiger partial charge in [-0.3, -0.25) is 28.8 Å². The molecule has 2 unspecified atom stereocenters. The van der Waals surface area contributed by atoms with Crippen LogP contribution < -0.4 is 4.74 Å². The lowest BCUT2D eigenvalue weighted by Crippen LogP contribution is -2.59. The summed E-state index contributed by atoms with van der Waals surface area (Å²) in [5.41, 5.74) is -5.91. The molecule has 1 fully saturated rings. The molecule has 47 heavy (non-hydrogen) atoms. The van der Waals surface area contributed by atoms with Gasteiger partial charge in [-0.2, -0.15) is 0 Å². The minimum Gasteiger partial charge on any atom is -0.507 e. The van der Waals surface area contributed by atoms with Crippen molar-refractivity contribution < 1.29 is 43.7 Å². The number of hydrogen-bond donors (Lipinski definition) is 2. The predicted octanol–water partition coefficient (Wildman–Crippen LogP) is 6.66. The minimum absolute atomic E-state index is 0.0717. The summed E-state index contributed by atoms with van der Waals surface area (Å²) < 4.78 is 6.41. The number of carbonyl (C=O) groups excluding carboxylic acids is 6. The Kier molecular flexibility index (Phi) is 8.44. The van der Waals surface area contributed by atoms with Crippen LogP contribution in [-0.2, 0) is 24.0 Å². The maximum Gasteiger partial charge on any atom is 0.175 e. The smallest absolute Gasteiger partial charge is 0.175 e. The van der Waals surface area contributed by atoms with E-state index < -0.39 is 91.7 Å². The Morgan fingerprint density at radius 1 is 0.681 bits per heavy atom. The number of phenolic OH excluding ortho intramolecular Hbond substituents is 2. The molecule has 1 aliphatic heterocycles. The number of hydrogen-bond acceptors (Lipinski definition) is 9. The molecular weight excluding hydrogens is 600 g/mol. The summed E-state index contributed by atoms with van der Waals surface area (Å²) in [6.45, 7) is 22.8. The van der Waals surface area contributed by atoms with Crippen LogP contribution in [0.3, 0.4) is 0 Å². The summed E-state index contributed by atoms with van der Waals surface area (Å²) >= 11 is 0. The Hall–Kier alpha value is -3.62. The van der Waals surface area contributed by atoms with Crippen molar-refractivity contribution in [2.45, 2.75) is 109 Å². The third-order valence-corrected chi connectivity index (χ3v) is 10.8. The molecule has 9 nitrogen and oxygen atoms in total. The van der Waals surface area contributed by atoms with Gasteiger partial charge in [0.05, 0.1) is 27.6 Å². The van der Waals surface area contributed by atoms with E-state index in [1.54, 1.807) is 55.4 Å². The molecule has 2 aliphatic carbocycles. The van der Waals surface area contributed by atoms with Crippen LogP contribution in [0.25, 0.3) is 0 Å². The number of aromatic hydroxyl groups is 2. The molecule has 2 atom stereocenters. The van der Waals surface area contributed by atoms with Gasteiger partial charge < -0.3 is 14.9 Å². The van der Waals surface area contributed by atoms with Gasteiger partial charge in [0.15, 0.2) is 34.7 Å². The van der Waals surface area contributed by atoms with Gasteiger partial charge >= 0.3 is 0 Å². The van der Waals surface area contributed by atoms with Crippen molar-refractivity contribution in [1.29, 1.82) is 0 Å². The van der Waals surface area contributed by atoms with E-state index in [-0.39, 0.29) is 45.5 Å². The standard InChI is InChI=1S/C38H50O9/c1-15(2)18(22-29(42)35(7,8)33(45)36(9,10)30(22)43)20-26(40)21-19(16(3)4)23-31(44)37(11,12)34(46)38(13,14)32(23)47-28(21)24(27(20)41)25(39)17(5)6/h15-19,22,40-41H,1-14H3. The number of carbonyl (C=O) groups is 6. The maximum atomic E-state index is 14.2. The van der Waals surface area contributed by atoms with E-state index in [4.69, 9.17) is 4.74 Å². The second kappa shape index (κ2) is 11.0. The van der Waals surface area contributed by atoms with E-state index in [1.165, 1.54) is 27.7 Å². The van der Waals surface area contributed by atoms with E-state index in [0.717, 1.165) is 0 Å². The topological polar surface area (TPSA) is 152 Å². The first-order chi connectivity index (χ1) is 21.2. The second-order valence-electron chi connectivity index (χ2n) is 16.8. The Morgan fingerprint density at radius 3 is 1.57 bits per heavy atom. The molecule has 256 valence electrons. The predicted molar refractivity (Wildman–Crippen MR) is 175 cm³/mol. The van der Waals surface area contributed by atoms with Crippen molar-refractivity contribution >= 4 is 34.7 Å². The maximum absolute atomic E-state index is 14.2. The fourth-order valence-electron chi connectivity index (χ4n) is 8.22. The lowest BCUT2D eigenvalue weighted by molar-refractivity contribution is -0.161. The molecule has 1 heterocycles. The third kappa shape index (κ3) is 4.77. The Balaban J connectivity index is 2.19. The molecule has 1 aromatic carbocycles. The van der Waals surface area contributed by atoms with Crippen LogP contribution in [-0.4, -0.2) is 44.9 Å². The zero-order chi connectivity index (χ0) is 36.3. The third-order valence-electron chi connectivity index (χ3n) is 10.8. The average Bonchev–Trinajstić information content (AvgIpc) is 2.96. The van der Waals surface area contributed by atoms with Crippen LogP contribution in [0, 0.1) is 45.3 Å². The molecular formula is C38H50O9. The van der Waals surface area contributed by atoms with Crippen molar-refractivity contribution in [3.8, 4) is 17.2 Å². The van der Waals surface area contributed by atoms with Gasteiger partial charge in [-0.15, -0.1) is 0 Å². The number of rotatable bonds is 6. The molecule has 1 saturated carbocycles. The summed E-state index contributed by atoms with van der Waals surface area (Å²) in [7, 11) is 0. The molecule has 1 aromatic rings. The number of fused-ring (bicyclic) bond motifs is 1. The zero-order valence-electron chi connectivity index (χ0n) is 30.2. The Bertz CT molecular complexity index is 1650. The van der Waals surface area contributed by atoms with Gasteiger partial charge in [0, 0.05) is 34.5 Å². The Morgan fingerprint density at radius 2 is 1.15 bits per heavy atom. The zero-order valence-corrected chi connectivity index (χ0v) is 30.2. The molecule has 9 heteroatoms. The first-order valence-corrected chi connectivity index (χ1v) is 16.5. The van der Waals surface area contributed by atoms with Gasteiger partial charge in [-0.1, -0.05) is 41.5 Å². The van der Waals surface area contributed by atoms with Gasteiger partial charge in [0.1, 0.15) is 28.6 Å². The van der Waals surface area contributed by atoms with Crippen molar-refractivity contribution in [3.05, 3.63) is 28.0 Å². The number of benzene rings is 1. The minimum atomic E-state index is -1.53. The van der Waals surface area contributed by atoms with Gasteiger partial charge in [-0.05, 0) is 67.2 Å². The van der Waals surface area contributed by atoms with Crippen LogP contribution in [0.15, 0.2) is 11.3 Å². The molecule has 0 radical (unpaired) electrons. The number of phenols is 2. The molecule has 2 N–H and O–H groups in total. The second-order valence-corrected chi connectivity index (χ2v) is 16.8. The van der Waals surface area contributed by atoms with Gasteiger partial charge in [-0.25, -0.2) is 0 Å². The van der Waals surface area contributed by atoms with E-state index in [0.29, 0.717) is 0 Å². The van der Waals surface area contributed by atoms with Gasteiger partial charge in [0.2, 0.25) is 0 Å². The quantitative estimate of drug-likeness (QED) is 0.254. The summed E-state index contributed by atoms with van der Waals surface area (Å²) in [5, 5.41) is 24.5. The summed E-state index contributed by atoms with van der Waals surface area (Å²) in [6, 6.07) is 0. The van der Waals surface area contributed by atoms with E-state index in [2.05, 4.69) is 0 Å². The van der Waals surface area contributed by atoms with Crippen molar-refractivity contribution in [2.24, 2.45) is 45.3 Å². The van der Waals surface area contributed by atoms with Crippen molar-refractivity contribution in [3.63, 3.8) is 0 Å². The first-order valence-electron chi connectivity index (χ1n) is 16.5. The lowest BCUT2D eigenvalue weighted by Gasteiger charge is -2.47. The number of ketones is 6. The molecule has 0 bridgehead atoms. The highest BCUT2D eigenvalue weighted by Crippen LogP contribution is 2.61. The van der Waals surface area contributed by atoms with Crippen molar-refractivity contribution in [2.75, 3.05) is 0 Å². The lowest BCUT2D eigenvalue weighted by atomic mass is 9.54. The van der Waals surface area contributed by atoms with E-state index in [1.807, 2.05) is 13.8 Å². The number of Topliss-reactive ketones (excluding diaryl/α,β-unsaturated/α-hetero) is 6. The largest absolute Gasteiger partial charge is 0.507 e. The van der Waals surface area contributed by atoms with E-state index >= 15 is 0 Å².